The highest BCUT2D eigenvalue weighted by Gasteiger charge is 2.19. The Morgan fingerprint density at radius 1 is 1.65 bits per heavy atom. The van der Waals surface area contributed by atoms with Crippen molar-refractivity contribution >= 4 is 11.8 Å². The molecule has 1 N–H and O–H groups in total. The van der Waals surface area contributed by atoms with Crippen LogP contribution in [0.3, 0.4) is 0 Å². The van der Waals surface area contributed by atoms with Gasteiger partial charge in [-0.2, -0.15) is 16.7 Å². The molecule has 0 saturated carbocycles. The molecule has 1 aromatic rings. The first-order valence-electron chi connectivity index (χ1n) is 6.04. The van der Waals surface area contributed by atoms with Crippen LogP contribution in [0.5, 0.6) is 0 Å². The minimum Gasteiger partial charge on any atom is -0.371 e. The smallest absolute Gasteiger partial charge is 0.228 e. The van der Waals surface area contributed by atoms with E-state index in [-0.39, 0.29) is 6.10 Å². The van der Waals surface area contributed by atoms with Crippen molar-refractivity contribution in [2.75, 3.05) is 24.7 Å². The second kappa shape index (κ2) is 6.37. The lowest BCUT2D eigenvalue weighted by atomic mass is 10.2. The summed E-state index contributed by atoms with van der Waals surface area (Å²) in [5.41, 5.74) is 0. The lowest BCUT2D eigenvalue weighted by molar-refractivity contribution is 0.0683. The first-order valence-corrected chi connectivity index (χ1v) is 7.20. The molecule has 1 aliphatic rings. The summed E-state index contributed by atoms with van der Waals surface area (Å²) in [5.74, 6) is 3.64. The van der Waals surface area contributed by atoms with Crippen LogP contribution in [0.1, 0.15) is 31.7 Å². The minimum absolute atomic E-state index is 0.0915. The molecule has 1 aliphatic heterocycles. The van der Waals surface area contributed by atoms with Gasteiger partial charge < -0.3 is 14.6 Å². The average Bonchev–Trinajstić information content (AvgIpc) is 2.79. The summed E-state index contributed by atoms with van der Waals surface area (Å²) in [7, 11) is 0. The molecule has 0 spiro atoms. The van der Waals surface area contributed by atoms with Gasteiger partial charge in [0.25, 0.3) is 0 Å². The molecular formula is C11H19N3O2S. The third-order valence-corrected chi connectivity index (χ3v) is 3.81. The molecule has 2 rings (SSSR count). The van der Waals surface area contributed by atoms with Crippen LogP contribution in [0.25, 0.3) is 0 Å². The summed E-state index contributed by atoms with van der Waals surface area (Å²) in [6.07, 6.45) is 0.713. The highest BCUT2D eigenvalue weighted by Crippen LogP contribution is 2.15. The third-order valence-electron chi connectivity index (χ3n) is 2.68. The molecule has 2 atom stereocenters. The van der Waals surface area contributed by atoms with Crippen molar-refractivity contribution in [3.05, 3.63) is 11.7 Å². The molecule has 0 amide bonds. The number of hydrogen-bond donors (Lipinski definition) is 1. The Labute approximate surface area is 106 Å². The fourth-order valence-electron chi connectivity index (χ4n) is 1.80. The van der Waals surface area contributed by atoms with Gasteiger partial charge in [0.2, 0.25) is 5.89 Å². The predicted molar refractivity (Wildman–Crippen MR) is 67.2 cm³/mol. The van der Waals surface area contributed by atoms with Crippen LogP contribution in [0.15, 0.2) is 4.52 Å². The number of rotatable bonds is 5. The van der Waals surface area contributed by atoms with Gasteiger partial charge in [0.15, 0.2) is 5.82 Å². The zero-order valence-electron chi connectivity index (χ0n) is 10.3. The van der Waals surface area contributed by atoms with Crippen molar-refractivity contribution in [3.63, 3.8) is 0 Å². The second-order valence-corrected chi connectivity index (χ2v) is 5.22. The molecule has 0 radical (unpaired) electrons. The Kier molecular flexibility index (Phi) is 4.82. The molecule has 6 heteroatoms. The van der Waals surface area contributed by atoms with E-state index < -0.39 is 0 Å². The number of nitrogens with zero attached hydrogens (tertiary/aromatic N) is 2. The predicted octanol–water partition coefficient (Wildman–Crippen LogP) is 1.41. The Balaban J connectivity index is 1.88. The van der Waals surface area contributed by atoms with Gasteiger partial charge in [-0.1, -0.05) is 5.16 Å². The van der Waals surface area contributed by atoms with Gasteiger partial charge in [-0.3, -0.25) is 0 Å². The zero-order valence-corrected chi connectivity index (χ0v) is 11.1. The fraction of sp³-hybridized carbons (Fsp3) is 0.818. The lowest BCUT2D eigenvalue weighted by Gasteiger charge is -2.21. The molecule has 5 nitrogen and oxygen atoms in total. The summed E-state index contributed by atoms with van der Waals surface area (Å²) in [6.45, 7) is 5.62. The van der Waals surface area contributed by atoms with Crippen molar-refractivity contribution in [2.24, 2.45) is 0 Å². The summed E-state index contributed by atoms with van der Waals surface area (Å²) in [5, 5.41) is 7.41. The standard InChI is InChI=1S/C11H19N3O2S/c1-3-15-8(2)11-13-10(16-14-11)6-9-7-17-5-4-12-9/h8-9,12H,3-7H2,1-2H3. The molecule has 0 aromatic carbocycles. The van der Waals surface area contributed by atoms with Crippen LogP contribution in [0, 0.1) is 0 Å². The van der Waals surface area contributed by atoms with E-state index in [1.807, 2.05) is 25.6 Å². The highest BCUT2D eigenvalue weighted by atomic mass is 32.2. The molecule has 1 aromatic heterocycles. The number of ether oxygens (including phenoxy) is 1. The minimum atomic E-state index is -0.0915. The summed E-state index contributed by atoms with van der Waals surface area (Å²) in [4.78, 5) is 4.37. The van der Waals surface area contributed by atoms with E-state index in [1.54, 1.807) is 0 Å². The van der Waals surface area contributed by atoms with E-state index in [0.717, 1.165) is 18.7 Å². The van der Waals surface area contributed by atoms with Gasteiger partial charge in [-0.15, -0.1) is 0 Å². The maximum atomic E-state index is 5.43. The zero-order chi connectivity index (χ0) is 12.1. The van der Waals surface area contributed by atoms with Crippen molar-refractivity contribution in [2.45, 2.75) is 32.4 Å². The lowest BCUT2D eigenvalue weighted by Crippen LogP contribution is -2.38. The largest absolute Gasteiger partial charge is 0.371 e. The average molecular weight is 257 g/mol. The molecular weight excluding hydrogens is 238 g/mol. The molecule has 1 fully saturated rings. The molecule has 1 saturated heterocycles. The van der Waals surface area contributed by atoms with E-state index in [0.29, 0.717) is 24.4 Å². The van der Waals surface area contributed by atoms with E-state index in [9.17, 15) is 0 Å². The van der Waals surface area contributed by atoms with Gasteiger partial charge in [0, 0.05) is 37.1 Å². The third kappa shape index (κ3) is 3.69. The fourth-order valence-corrected chi connectivity index (χ4v) is 2.75. The van der Waals surface area contributed by atoms with Gasteiger partial charge >= 0.3 is 0 Å². The normalized spacial score (nSPS) is 22.6. The Hall–Kier alpha value is -0.590. The number of thioether (sulfide) groups is 1. The number of nitrogens with one attached hydrogen (secondary N) is 1. The van der Waals surface area contributed by atoms with Gasteiger partial charge in [0.05, 0.1) is 0 Å². The van der Waals surface area contributed by atoms with Crippen molar-refractivity contribution in [1.82, 2.24) is 15.5 Å². The Morgan fingerprint density at radius 2 is 2.53 bits per heavy atom. The molecule has 17 heavy (non-hydrogen) atoms. The highest BCUT2D eigenvalue weighted by molar-refractivity contribution is 7.99. The summed E-state index contributed by atoms with van der Waals surface area (Å²) < 4.78 is 10.7. The molecule has 0 bridgehead atoms. The van der Waals surface area contributed by atoms with Crippen molar-refractivity contribution in [1.29, 1.82) is 0 Å². The number of hydrogen-bond acceptors (Lipinski definition) is 6. The first kappa shape index (κ1) is 12.9. The molecule has 2 unspecified atom stereocenters. The SMILES string of the molecule is CCOC(C)c1noc(CC2CSCCN2)n1. The van der Waals surface area contributed by atoms with Gasteiger partial charge in [0.1, 0.15) is 6.10 Å². The van der Waals surface area contributed by atoms with Crippen LogP contribution < -0.4 is 5.32 Å². The van der Waals surface area contributed by atoms with Crippen LogP contribution >= 0.6 is 11.8 Å². The summed E-state index contributed by atoms with van der Waals surface area (Å²) >= 11 is 1.97. The van der Waals surface area contributed by atoms with Crippen LogP contribution in [0.2, 0.25) is 0 Å². The topological polar surface area (TPSA) is 60.2 Å². The van der Waals surface area contributed by atoms with E-state index in [4.69, 9.17) is 9.26 Å². The quantitative estimate of drug-likeness (QED) is 0.860. The van der Waals surface area contributed by atoms with Crippen LogP contribution in [-0.2, 0) is 11.2 Å². The first-order chi connectivity index (χ1) is 8.29. The summed E-state index contributed by atoms with van der Waals surface area (Å²) in [6, 6.07) is 0.449. The maximum absolute atomic E-state index is 5.43. The molecule has 2 heterocycles. The van der Waals surface area contributed by atoms with Crippen LogP contribution in [-0.4, -0.2) is 40.8 Å². The van der Waals surface area contributed by atoms with E-state index in [1.165, 1.54) is 5.75 Å². The van der Waals surface area contributed by atoms with E-state index >= 15 is 0 Å². The Bertz CT molecular complexity index is 339. The number of aromatic nitrogens is 2. The second-order valence-electron chi connectivity index (χ2n) is 4.07. The molecule has 96 valence electrons. The molecule has 0 aliphatic carbocycles. The van der Waals surface area contributed by atoms with Crippen LogP contribution in [0.4, 0.5) is 0 Å². The maximum Gasteiger partial charge on any atom is 0.228 e. The van der Waals surface area contributed by atoms with Crippen molar-refractivity contribution < 1.29 is 9.26 Å². The van der Waals surface area contributed by atoms with Gasteiger partial charge in [-0.25, -0.2) is 0 Å². The van der Waals surface area contributed by atoms with Gasteiger partial charge in [-0.05, 0) is 13.8 Å². The van der Waals surface area contributed by atoms with E-state index in [2.05, 4.69) is 15.5 Å². The Morgan fingerprint density at radius 3 is 3.24 bits per heavy atom. The van der Waals surface area contributed by atoms with Crippen molar-refractivity contribution in [3.8, 4) is 0 Å². The monoisotopic (exact) mass is 257 g/mol.